The molecule has 0 spiro atoms. The van der Waals surface area contributed by atoms with Crippen molar-refractivity contribution in [2.24, 2.45) is 0 Å². The highest BCUT2D eigenvalue weighted by Crippen LogP contribution is 2.12. The van der Waals surface area contributed by atoms with Gasteiger partial charge in [0.05, 0.1) is 17.1 Å². The highest BCUT2D eigenvalue weighted by atomic mass is 32.2. The molecule has 0 aliphatic carbocycles. The quantitative estimate of drug-likeness (QED) is 0.796. The zero-order valence-electron chi connectivity index (χ0n) is 11.2. The highest BCUT2D eigenvalue weighted by molar-refractivity contribution is 7.99. The number of para-hydroxylation sites is 1. The van der Waals surface area contributed by atoms with Crippen LogP contribution in [0.25, 0.3) is 5.69 Å². The average molecular weight is 287 g/mol. The number of aromatic nitrogens is 2. The van der Waals surface area contributed by atoms with Crippen molar-refractivity contribution in [2.45, 2.75) is 5.75 Å². The van der Waals surface area contributed by atoms with E-state index >= 15 is 0 Å². The molecule has 0 unspecified atom stereocenters. The van der Waals surface area contributed by atoms with Gasteiger partial charge >= 0.3 is 0 Å². The number of amides is 1. The lowest BCUT2D eigenvalue weighted by atomic mass is 10.3. The number of benzene rings is 1. The van der Waals surface area contributed by atoms with Crippen molar-refractivity contribution in [2.75, 3.05) is 12.3 Å². The van der Waals surface area contributed by atoms with Crippen LogP contribution in [0.5, 0.6) is 0 Å². The summed E-state index contributed by atoms with van der Waals surface area (Å²) >= 11 is 1.55. The molecule has 0 saturated carbocycles. The molecule has 2 aromatic rings. The second kappa shape index (κ2) is 7.55. The molecule has 1 aromatic carbocycles. The Bertz CT molecular complexity index is 566. The van der Waals surface area contributed by atoms with Gasteiger partial charge in [-0.05, 0) is 18.2 Å². The number of hydrogen-bond acceptors (Lipinski definition) is 3. The molecule has 0 bridgehead atoms. The minimum Gasteiger partial charge on any atom is -0.352 e. The number of carbonyl (C=O) groups excluding carboxylic acids is 1. The van der Waals surface area contributed by atoms with Gasteiger partial charge < -0.3 is 5.32 Å². The van der Waals surface area contributed by atoms with Crippen LogP contribution in [0.4, 0.5) is 0 Å². The topological polar surface area (TPSA) is 46.9 Å². The van der Waals surface area contributed by atoms with E-state index in [1.807, 2.05) is 47.3 Å². The Morgan fingerprint density at radius 1 is 1.35 bits per heavy atom. The predicted octanol–water partition coefficient (Wildman–Crippen LogP) is 2.41. The van der Waals surface area contributed by atoms with Crippen LogP contribution in [0.2, 0.25) is 0 Å². The normalized spacial score (nSPS) is 10.2. The van der Waals surface area contributed by atoms with Crippen LogP contribution in [-0.2, 0) is 10.5 Å². The maximum atomic E-state index is 11.4. The fraction of sp³-hybridized carbons (Fsp3) is 0.200. The van der Waals surface area contributed by atoms with Gasteiger partial charge in [0.25, 0.3) is 0 Å². The standard InChI is InChI=1S/C15H17N3OS/c1-2-9-16-15(19)12-20-11-13-8-10-18(17-13)14-6-4-3-5-7-14/h2-8,10H,1,9,11-12H2,(H,16,19). The summed E-state index contributed by atoms with van der Waals surface area (Å²) in [5.41, 5.74) is 2.00. The van der Waals surface area contributed by atoms with E-state index in [4.69, 9.17) is 0 Å². The Balaban J connectivity index is 1.82. The molecular formula is C15H17N3OS. The molecular weight excluding hydrogens is 270 g/mol. The number of carbonyl (C=O) groups is 1. The van der Waals surface area contributed by atoms with Crippen molar-refractivity contribution >= 4 is 17.7 Å². The molecule has 0 fully saturated rings. The van der Waals surface area contributed by atoms with Gasteiger partial charge in [-0.15, -0.1) is 18.3 Å². The van der Waals surface area contributed by atoms with Gasteiger partial charge in [0.1, 0.15) is 0 Å². The largest absolute Gasteiger partial charge is 0.352 e. The van der Waals surface area contributed by atoms with Crippen molar-refractivity contribution in [1.82, 2.24) is 15.1 Å². The third-order valence-corrected chi connectivity index (χ3v) is 3.56. The van der Waals surface area contributed by atoms with Crippen LogP contribution in [0, 0.1) is 0 Å². The second-order valence-electron chi connectivity index (χ2n) is 4.17. The number of hydrogen-bond donors (Lipinski definition) is 1. The summed E-state index contributed by atoms with van der Waals surface area (Å²) in [5, 5.41) is 7.23. The van der Waals surface area contributed by atoms with Gasteiger partial charge in [0.15, 0.2) is 0 Å². The van der Waals surface area contributed by atoms with Gasteiger partial charge in [0.2, 0.25) is 5.91 Å². The van der Waals surface area contributed by atoms with E-state index in [0.29, 0.717) is 12.3 Å². The SMILES string of the molecule is C=CCNC(=O)CSCc1ccn(-c2ccccc2)n1. The van der Waals surface area contributed by atoms with Crippen molar-refractivity contribution in [1.29, 1.82) is 0 Å². The molecule has 20 heavy (non-hydrogen) atoms. The lowest BCUT2D eigenvalue weighted by molar-refractivity contribution is -0.118. The lowest BCUT2D eigenvalue weighted by Crippen LogP contribution is -2.24. The summed E-state index contributed by atoms with van der Waals surface area (Å²) < 4.78 is 1.84. The molecule has 104 valence electrons. The monoisotopic (exact) mass is 287 g/mol. The van der Waals surface area contributed by atoms with Crippen LogP contribution in [0.1, 0.15) is 5.69 Å². The second-order valence-corrected chi connectivity index (χ2v) is 5.16. The fourth-order valence-corrected chi connectivity index (χ4v) is 2.40. The zero-order valence-corrected chi connectivity index (χ0v) is 12.0. The molecule has 5 heteroatoms. The third kappa shape index (κ3) is 4.28. The van der Waals surface area contributed by atoms with E-state index in [2.05, 4.69) is 17.0 Å². The first-order valence-electron chi connectivity index (χ1n) is 6.35. The van der Waals surface area contributed by atoms with E-state index in [0.717, 1.165) is 17.1 Å². The van der Waals surface area contributed by atoms with Crippen molar-refractivity contribution in [3.05, 3.63) is 60.9 Å². The summed E-state index contributed by atoms with van der Waals surface area (Å²) in [6.07, 6.45) is 3.60. The molecule has 1 N–H and O–H groups in total. The molecule has 1 amide bonds. The van der Waals surface area contributed by atoms with E-state index in [-0.39, 0.29) is 5.91 Å². The molecule has 0 saturated heterocycles. The Hall–Kier alpha value is -2.01. The Morgan fingerprint density at radius 2 is 2.15 bits per heavy atom. The maximum Gasteiger partial charge on any atom is 0.230 e. The predicted molar refractivity (Wildman–Crippen MR) is 82.9 cm³/mol. The lowest BCUT2D eigenvalue weighted by Gasteiger charge is -2.01. The van der Waals surface area contributed by atoms with Crippen molar-refractivity contribution < 1.29 is 4.79 Å². The molecule has 0 radical (unpaired) electrons. The summed E-state index contributed by atoms with van der Waals surface area (Å²) in [4.78, 5) is 11.4. The molecule has 1 aromatic heterocycles. The van der Waals surface area contributed by atoms with E-state index < -0.39 is 0 Å². The fourth-order valence-electron chi connectivity index (χ4n) is 1.65. The zero-order chi connectivity index (χ0) is 14.2. The van der Waals surface area contributed by atoms with Crippen LogP contribution in [0.15, 0.2) is 55.3 Å². The molecule has 0 aliphatic rings. The van der Waals surface area contributed by atoms with Crippen LogP contribution in [0.3, 0.4) is 0 Å². The molecule has 0 aliphatic heterocycles. The number of rotatable bonds is 7. The maximum absolute atomic E-state index is 11.4. The first-order valence-corrected chi connectivity index (χ1v) is 7.50. The minimum absolute atomic E-state index is 0.0254. The summed E-state index contributed by atoms with van der Waals surface area (Å²) in [6, 6.07) is 11.9. The van der Waals surface area contributed by atoms with Crippen LogP contribution >= 0.6 is 11.8 Å². The van der Waals surface area contributed by atoms with Crippen LogP contribution in [-0.4, -0.2) is 28.0 Å². The first-order chi connectivity index (χ1) is 9.79. The Morgan fingerprint density at radius 3 is 2.90 bits per heavy atom. The summed E-state index contributed by atoms with van der Waals surface area (Å²) in [6.45, 7) is 4.07. The van der Waals surface area contributed by atoms with Gasteiger partial charge in [0, 0.05) is 18.5 Å². The highest BCUT2D eigenvalue weighted by Gasteiger charge is 2.03. The van der Waals surface area contributed by atoms with E-state index in [1.54, 1.807) is 17.8 Å². The molecule has 0 atom stereocenters. The number of nitrogens with zero attached hydrogens (tertiary/aromatic N) is 2. The van der Waals surface area contributed by atoms with Crippen molar-refractivity contribution in [3.8, 4) is 5.69 Å². The van der Waals surface area contributed by atoms with Gasteiger partial charge in [-0.2, -0.15) is 5.10 Å². The third-order valence-electron chi connectivity index (χ3n) is 2.59. The average Bonchev–Trinajstić information content (AvgIpc) is 2.95. The first kappa shape index (κ1) is 14.4. The van der Waals surface area contributed by atoms with E-state index in [1.165, 1.54) is 0 Å². The number of nitrogens with one attached hydrogen (secondary N) is 1. The smallest absolute Gasteiger partial charge is 0.230 e. The summed E-state index contributed by atoms with van der Waals surface area (Å²) in [5.74, 6) is 1.19. The Labute approximate surface area is 122 Å². The van der Waals surface area contributed by atoms with Gasteiger partial charge in [-0.1, -0.05) is 24.3 Å². The van der Waals surface area contributed by atoms with Gasteiger partial charge in [-0.25, -0.2) is 4.68 Å². The number of thioether (sulfide) groups is 1. The van der Waals surface area contributed by atoms with Gasteiger partial charge in [-0.3, -0.25) is 4.79 Å². The molecule has 2 rings (SSSR count). The van der Waals surface area contributed by atoms with Crippen molar-refractivity contribution in [3.63, 3.8) is 0 Å². The molecule has 4 nitrogen and oxygen atoms in total. The minimum atomic E-state index is 0.0254. The van der Waals surface area contributed by atoms with Crippen LogP contribution < -0.4 is 5.32 Å². The Kier molecular flexibility index (Phi) is 5.43. The summed E-state index contributed by atoms with van der Waals surface area (Å²) in [7, 11) is 0. The van der Waals surface area contributed by atoms with E-state index in [9.17, 15) is 4.79 Å². The molecule has 1 heterocycles.